The van der Waals surface area contributed by atoms with E-state index in [1.165, 1.54) is 43.9 Å². The van der Waals surface area contributed by atoms with Crippen molar-refractivity contribution in [2.24, 2.45) is 5.92 Å². The van der Waals surface area contributed by atoms with Crippen LogP contribution in [0.4, 0.5) is 10.1 Å². The summed E-state index contributed by atoms with van der Waals surface area (Å²) in [5.41, 5.74) is 0.282. The summed E-state index contributed by atoms with van der Waals surface area (Å²) in [6.07, 6.45) is 5.93. The Balaban J connectivity index is 2.11. The second kappa shape index (κ2) is 5.26. The van der Waals surface area contributed by atoms with Gasteiger partial charge in [0.05, 0.1) is 10.6 Å². The number of halogens is 1. The summed E-state index contributed by atoms with van der Waals surface area (Å²) in [7, 11) is -3.29. The maximum absolute atomic E-state index is 13.6. The molecule has 3 nitrogen and oxygen atoms in total. The Labute approximate surface area is 107 Å². The van der Waals surface area contributed by atoms with Crippen molar-refractivity contribution in [2.75, 3.05) is 18.1 Å². The van der Waals surface area contributed by atoms with Gasteiger partial charge in [0.2, 0.25) is 0 Å². The molecule has 0 saturated heterocycles. The zero-order chi connectivity index (χ0) is 13.2. The first-order chi connectivity index (χ1) is 8.47. The number of sulfone groups is 1. The molecule has 0 radical (unpaired) electrons. The highest BCUT2D eigenvalue weighted by Crippen LogP contribution is 2.26. The predicted molar refractivity (Wildman–Crippen MR) is 70.0 cm³/mol. The van der Waals surface area contributed by atoms with Crippen molar-refractivity contribution in [2.45, 2.75) is 30.6 Å². The fourth-order valence-electron chi connectivity index (χ4n) is 2.34. The van der Waals surface area contributed by atoms with E-state index in [0.29, 0.717) is 12.5 Å². The second-order valence-corrected chi connectivity index (χ2v) is 6.96. The molecule has 0 heterocycles. The smallest absolute Gasteiger partial charge is 0.175 e. The Bertz CT molecular complexity index is 522. The molecule has 0 aliphatic heterocycles. The van der Waals surface area contributed by atoms with Crippen LogP contribution in [0.25, 0.3) is 0 Å². The number of benzene rings is 1. The molecule has 1 aromatic rings. The van der Waals surface area contributed by atoms with Crippen LogP contribution in [-0.2, 0) is 9.84 Å². The van der Waals surface area contributed by atoms with Gasteiger partial charge in [-0.2, -0.15) is 0 Å². The molecule has 1 fully saturated rings. The molecular formula is C13H18FNO2S. The molecule has 1 saturated carbocycles. The summed E-state index contributed by atoms with van der Waals surface area (Å²) < 4.78 is 36.4. The van der Waals surface area contributed by atoms with Crippen LogP contribution in [0.3, 0.4) is 0 Å². The maximum atomic E-state index is 13.6. The molecule has 18 heavy (non-hydrogen) atoms. The standard InChI is InChI=1S/C13H18FNO2S/c1-18(16,17)11-6-7-12(14)13(8-11)15-9-10-4-2-3-5-10/h6-8,10,15H,2-5,9H2,1H3. The zero-order valence-electron chi connectivity index (χ0n) is 10.4. The number of anilines is 1. The van der Waals surface area contributed by atoms with Crippen molar-refractivity contribution in [3.8, 4) is 0 Å². The quantitative estimate of drug-likeness (QED) is 0.857. The molecule has 0 spiro atoms. The van der Waals surface area contributed by atoms with E-state index in [2.05, 4.69) is 5.32 Å². The number of hydrogen-bond acceptors (Lipinski definition) is 3. The van der Waals surface area contributed by atoms with Crippen LogP contribution >= 0.6 is 0 Å². The lowest BCUT2D eigenvalue weighted by molar-refractivity contribution is 0.573. The minimum absolute atomic E-state index is 0.151. The first-order valence-corrected chi connectivity index (χ1v) is 8.09. The van der Waals surface area contributed by atoms with Crippen LogP contribution in [0.5, 0.6) is 0 Å². The van der Waals surface area contributed by atoms with Crippen LogP contribution in [-0.4, -0.2) is 21.2 Å². The summed E-state index contributed by atoms with van der Waals surface area (Å²) in [4.78, 5) is 0.151. The summed E-state index contributed by atoms with van der Waals surface area (Å²) in [5.74, 6) is 0.173. The van der Waals surface area contributed by atoms with Crippen LogP contribution < -0.4 is 5.32 Å². The summed E-state index contributed by atoms with van der Waals surface area (Å²) in [5, 5.41) is 3.03. The van der Waals surface area contributed by atoms with Crippen LogP contribution in [0.2, 0.25) is 0 Å². The van der Waals surface area contributed by atoms with E-state index in [1.807, 2.05) is 0 Å². The number of rotatable bonds is 4. The third-order valence-electron chi connectivity index (χ3n) is 3.42. The van der Waals surface area contributed by atoms with Gasteiger partial charge < -0.3 is 5.32 Å². The Morgan fingerprint density at radius 1 is 1.33 bits per heavy atom. The largest absolute Gasteiger partial charge is 0.382 e. The van der Waals surface area contributed by atoms with Gasteiger partial charge in [-0.05, 0) is 37.0 Å². The lowest BCUT2D eigenvalue weighted by Crippen LogP contribution is -2.12. The molecule has 0 amide bonds. The van der Waals surface area contributed by atoms with E-state index in [4.69, 9.17) is 0 Å². The molecule has 0 aromatic heterocycles. The topological polar surface area (TPSA) is 46.2 Å². The van der Waals surface area contributed by atoms with Gasteiger partial charge in [0, 0.05) is 12.8 Å². The van der Waals surface area contributed by atoms with Crippen molar-refractivity contribution >= 4 is 15.5 Å². The second-order valence-electron chi connectivity index (χ2n) is 4.95. The molecule has 1 N–H and O–H groups in total. The molecule has 1 aromatic carbocycles. The Kier molecular flexibility index (Phi) is 3.90. The molecule has 1 aliphatic carbocycles. The lowest BCUT2D eigenvalue weighted by Gasteiger charge is -2.13. The van der Waals surface area contributed by atoms with E-state index >= 15 is 0 Å². The van der Waals surface area contributed by atoms with E-state index in [1.54, 1.807) is 0 Å². The van der Waals surface area contributed by atoms with Crippen molar-refractivity contribution < 1.29 is 12.8 Å². The summed E-state index contributed by atoms with van der Waals surface area (Å²) in [6.45, 7) is 0.712. The molecule has 1 aliphatic rings. The Hall–Kier alpha value is -1.10. The van der Waals surface area contributed by atoms with E-state index < -0.39 is 15.7 Å². The van der Waals surface area contributed by atoms with Crippen molar-refractivity contribution in [1.82, 2.24) is 0 Å². The fourth-order valence-corrected chi connectivity index (χ4v) is 2.99. The zero-order valence-corrected chi connectivity index (χ0v) is 11.3. The van der Waals surface area contributed by atoms with Crippen LogP contribution in [0, 0.1) is 11.7 Å². The molecule has 0 unspecified atom stereocenters. The molecule has 0 atom stereocenters. The molecule has 0 bridgehead atoms. The average molecular weight is 271 g/mol. The van der Waals surface area contributed by atoms with Gasteiger partial charge in [0.15, 0.2) is 9.84 Å². The number of nitrogens with one attached hydrogen (secondary N) is 1. The lowest BCUT2D eigenvalue weighted by atomic mass is 10.1. The highest BCUT2D eigenvalue weighted by atomic mass is 32.2. The van der Waals surface area contributed by atoms with Gasteiger partial charge >= 0.3 is 0 Å². The molecule has 5 heteroatoms. The van der Waals surface area contributed by atoms with Gasteiger partial charge in [-0.15, -0.1) is 0 Å². The molecule has 100 valence electrons. The normalized spacial score (nSPS) is 17.0. The highest BCUT2D eigenvalue weighted by molar-refractivity contribution is 7.90. The Morgan fingerprint density at radius 2 is 2.00 bits per heavy atom. The Morgan fingerprint density at radius 3 is 2.61 bits per heavy atom. The SMILES string of the molecule is CS(=O)(=O)c1ccc(F)c(NCC2CCCC2)c1. The third-order valence-corrected chi connectivity index (χ3v) is 4.53. The first-order valence-electron chi connectivity index (χ1n) is 6.20. The third kappa shape index (κ3) is 3.22. The van der Waals surface area contributed by atoms with E-state index in [0.717, 1.165) is 6.26 Å². The fraction of sp³-hybridized carbons (Fsp3) is 0.538. The predicted octanol–water partition coefficient (Wildman–Crippen LogP) is 2.83. The van der Waals surface area contributed by atoms with Gasteiger partial charge in [0.1, 0.15) is 5.82 Å². The number of hydrogen-bond donors (Lipinski definition) is 1. The minimum Gasteiger partial charge on any atom is -0.382 e. The molecular weight excluding hydrogens is 253 g/mol. The maximum Gasteiger partial charge on any atom is 0.175 e. The minimum atomic E-state index is -3.29. The van der Waals surface area contributed by atoms with E-state index in [9.17, 15) is 12.8 Å². The van der Waals surface area contributed by atoms with Gasteiger partial charge in [-0.1, -0.05) is 12.8 Å². The summed E-state index contributed by atoms with van der Waals surface area (Å²) >= 11 is 0. The summed E-state index contributed by atoms with van der Waals surface area (Å²) in [6, 6.07) is 3.87. The van der Waals surface area contributed by atoms with Gasteiger partial charge in [-0.3, -0.25) is 0 Å². The average Bonchev–Trinajstić information content (AvgIpc) is 2.79. The van der Waals surface area contributed by atoms with Crippen molar-refractivity contribution in [3.63, 3.8) is 0 Å². The van der Waals surface area contributed by atoms with Gasteiger partial charge in [-0.25, -0.2) is 12.8 Å². The van der Waals surface area contributed by atoms with Crippen LogP contribution in [0.15, 0.2) is 23.1 Å². The van der Waals surface area contributed by atoms with Gasteiger partial charge in [0.25, 0.3) is 0 Å². The molecule has 2 rings (SSSR count). The van der Waals surface area contributed by atoms with Crippen molar-refractivity contribution in [3.05, 3.63) is 24.0 Å². The highest BCUT2D eigenvalue weighted by Gasteiger charge is 2.16. The first kappa shape index (κ1) is 13.3. The van der Waals surface area contributed by atoms with Crippen molar-refractivity contribution in [1.29, 1.82) is 0 Å². The monoisotopic (exact) mass is 271 g/mol. The van der Waals surface area contributed by atoms with Crippen LogP contribution in [0.1, 0.15) is 25.7 Å². The van der Waals surface area contributed by atoms with E-state index in [-0.39, 0.29) is 10.6 Å².